The quantitative estimate of drug-likeness (QED) is 0.485. The van der Waals surface area contributed by atoms with Gasteiger partial charge in [-0.05, 0) is 18.6 Å². The van der Waals surface area contributed by atoms with E-state index in [0.717, 1.165) is 19.3 Å². The zero-order valence-electron chi connectivity index (χ0n) is 13.4. The number of hydrogen-bond acceptors (Lipinski definition) is 6. The van der Waals surface area contributed by atoms with Crippen molar-refractivity contribution in [3.05, 3.63) is 35.7 Å². The fourth-order valence-corrected chi connectivity index (χ4v) is 2.71. The minimum absolute atomic E-state index is 0.0935. The first-order valence-corrected chi connectivity index (χ1v) is 8.52. The maximum Gasteiger partial charge on any atom is 0.250 e. The van der Waals surface area contributed by atoms with Gasteiger partial charge in [0.25, 0.3) is 5.91 Å². The Labute approximate surface area is 144 Å². The summed E-state index contributed by atoms with van der Waals surface area (Å²) in [7, 11) is 0. The molecule has 1 aromatic carbocycles. The van der Waals surface area contributed by atoms with Gasteiger partial charge in [-0.1, -0.05) is 37.2 Å². The van der Waals surface area contributed by atoms with Crippen LogP contribution in [-0.2, 0) is 11.2 Å². The van der Waals surface area contributed by atoms with E-state index in [1.54, 1.807) is 24.3 Å². The number of nitrogen functional groups attached to an aromatic ring is 1. The van der Waals surface area contributed by atoms with Crippen molar-refractivity contribution < 1.29 is 9.59 Å². The van der Waals surface area contributed by atoms with E-state index in [4.69, 9.17) is 11.6 Å². The molecule has 2 aromatic rings. The fourth-order valence-electron chi connectivity index (χ4n) is 2.03. The van der Waals surface area contributed by atoms with Crippen LogP contribution in [0.5, 0.6) is 0 Å². The molecule has 0 atom stereocenters. The van der Waals surface area contributed by atoms with Crippen LogP contribution < -0.4 is 16.9 Å². The Morgan fingerprint density at radius 2 is 2.04 bits per heavy atom. The van der Waals surface area contributed by atoms with Gasteiger partial charge in [0.2, 0.25) is 11.1 Å². The number of carbonyl (C=O) groups is 2. The van der Waals surface area contributed by atoms with Gasteiger partial charge in [0.15, 0.2) is 5.82 Å². The third-order valence-corrected chi connectivity index (χ3v) is 4.23. The Bertz CT molecular complexity index is 731. The zero-order valence-corrected chi connectivity index (χ0v) is 14.2. The number of hydrogen-bond donors (Lipinski definition) is 3. The first kappa shape index (κ1) is 17.8. The second kappa shape index (κ2) is 8.34. The van der Waals surface area contributed by atoms with Gasteiger partial charge in [-0.25, -0.2) is 4.68 Å². The van der Waals surface area contributed by atoms with Crippen LogP contribution in [0.15, 0.2) is 29.4 Å². The van der Waals surface area contributed by atoms with Crippen LogP contribution in [0.1, 0.15) is 35.9 Å². The number of carbonyl (C=O) groups excluding carboxylic acids is 2. The van der Waals surface area contributed by atoms with Gasteiger partial charge in [-0.3, -0.25) is 9.59 Å². The molecule has 24 heavy (non-hydrogen) atoms. The number of aryl methyl sites for hydroxylation is 1. The molecule has 8 nitrogen and oxygen atoms in total. The van der Waals surface area contributed by atoms with Crippen LogP contribution in [0.2, 0.25) is 0 Å². The van der Waals surface area contributed by atoms with Crippen LogP contribution in [-0.4, -0.2) is 32.4 Å². The molecule has 1 heterocycles. The summed E-state index contributed by atoms with van der Waals surface area (Å²) < 4.78 is 1.41. The van der Waals surface area contributed by atoms with Crippen LogP contribution in [0, 0.1) is 0 Å². The standard InChI is InChI=1S/C15H20N6O2S/c1-2-3-8-12-19-20-15(21(12)17)24-9-13(22)18-11-7-5-4-6-10(11)14(16)23/h4-7H,2-3,8-9,17H2,1H3,(H2,16,23)(H,18,22). The topological polar surface area (TPSA) is 129 Å². The van der Waals surface area contributed by atoms with Crippen molar-refractivity contribution >= 4 is 29.3 Å². The normalized spacial score (nSPS) is 10.5. The molecule has 0 radical (unpaired) electrons. The Kier molecular flexibility index (Phi) is 6.19. The molecule has 0 fully saturated rings. The van der Waals surface area contributed by atoms with Gasteiger partial charge in [-0.15, -0.1) is 10.2 Å². The Morgan fingerprint density at radius 1 is 1.29 bits per heavy atom. The number of amides is 2. The smallest absolute Gasteiger partial charge is 0.250 e. The Balaban J connectivity index is 1.95. The lowest BCUT2D eigenvalue weighted by Gasteiger charge is -2.08. The Hall–Kier alpha value is -2.55. The number of nitrogens with zero attached hydrogens (tertiary/aromatic N) is 3. The molecule has 0 saturated heterocycles. The highest BCUT2D eigenvalue weighted by Crippen LogP contribution is 2.18. The number of aromatic nitrogens is 3. The number of nitrogens with two attached hydrogens (primary N) is 2. The van der Waals surface area contributed by atoms with Gasteiger partial charge >= 0.3 is 0 Å². The number of thioether (sulfide) groups is 1. The lowest BCUT2D eigenvalue weighted by atomic mass is 10.1. The molecular formula is C15H20N6O2S. The first-order chi connectivity index (χ1) is 11.5. The van der Waals surface area contributed by atoms with E-state index in [1.807, 2.05) is 0 Å². The summed E-state index contributed by atoms with van der Waals surface area (Å²) in [6.07, 6.45) is 2.76. The summed E-state index contributed by atoms with van der Waals surface area (Å²) in [6.45, 7) is 2.08. The van der Waals surface area contributed by atoms with E-state index in [-0.39, 0.29) is 17.2 Å². The highest BCUT2D eigenvalue weighted by atomic mass is 32.2. The van der Waals surface area contributed by atoms with Gasteiger partial charge in [-0.2, -0.15) is 0 Å². The summed E-state index contributed by atoms with van der Waals surface area (Å²) in [5.74, 6) is 5.83. The van der Waals surface area contributed by atoms with Crippen LogP contribution in [0.3, 0.4) is 0 Å². The monoisotopic (exact) mass is 348 g/mol. The predicted octanol–water partition coefficient (Wildman–Crippen LogP) is 1.16. The molecule has 0 bridgehead atoms. The minimum Gasteiger partial charge on any atom is -0.366 e. The van der Waals surface area contributed by atoms with Crippen LogP contribution in [0.25, 0.3) is 0 Å². The number of para-hydroxylation sites is 1. The summed E-state index contributed by atoms with van der Waals surface area (Å²) in [5, 5.41) is 11.2. The largest absolute Gasteiger partial charge is 0.366 e. The van der Waals surface area contributed by atoms with E-state index in [2.05, 4.69) is 22.4 Å². The molecule has 0 aliphatic rings. The molecule has 0 unspecified atom stereocenters. The second-order valence-corrected chi connectivity index (χ2v) is 6.06. The average Bonchev–Trinajstić information content (AvgIpc) is 2.91. The van der Waals surface area contributed by atoms with Crippen molar-refractivity contribution in [3.8, 4) is 0 Å². The second-order valence-electron chi connectivity index (χ2n) is 5.12. The number of unbranched alkanes of at least 4 members (excludes halogenated alkanes) is 1. The number of primary amides is 1. The molecular weight excluding hydrogens is 328 g/mol. The van der Waals surface area contributed by atoms with E-state index in [0.29, 0.717) is 16.7 Å². The summed E-state index contributed by atoms with van der Waals surface area (Å²) in [4.78, 5) is 23.4. The zero-order chi connectivity index (χ0) is 17.5. The van der Waals surface area contributed by atoms with Crippen molar-refractivity contribution in [2.45, 2.75) is 31.3 Å². The number of anilines is 1. The van der Waals surface area contributed by atoms with Gasteiger partial charge in [0, 0.05) is 6.42 Å². The number of benzene rings is 1. The third kappa shape index (κ3) is 4.48. The fraction of sp³-hybridized carbons (Fsp3) is 0.333. The van der Waals surface area contributed by atoms with Gasteiger partial charge in [0.1, 0.15) is 0 Å². The molecule has 5 N–H and O–H groups in total. The highest BCUT2D eigenvalue weighted by Gasteiger charge is 2.14. The molecule has 9 heteroatoms. The molecule has 1 aromatic heterocycles. The maximum atomic E-state index is 12.1. The SMILES string of the molecule is CCCCc1nnc(SCC(=O)Nc2ccccc2C(N)=O)n1N. The lowest BCUT2D eigenvalue weighted by molar-refractivity contribution is -0.113. The van der Waals surface area contributed by atoms with Crippen molar-refractivity contribution in [1.82, 2.24) is 14.9 Å². The predicted molar refractivity (Wildman–Crippen MR) is 93.1 cm³/mol. The van der Waals surface area contributed by atoms with Crippen LogP contribution in [0.4, 0.5) is 5.69 Å². The summed E-state index contributed by atoms with van der Waals surface area (Å²) in [6, 6.07) is 6.57. The molecule has 0 aliphatic carbocycles. The molecule has 2 rings (SSSR count). The van der Waals surface area contributed by atoms with Crippen molar-refractivity contribution in [2.24, 2.45) is 5.73 Å². The van der Waals surface area contributed by atoms with Crippen LogP contribution >= 0.6 is 11.8 Å². The van der Waals surface area contributed by atoms with E-state index in [9.17, 15) is 9.59 Å². The first-order valence-electron chi connectivity index (χ1n) is 7.53. The third-order valence-electron chi connectivity index (χ3n) is 3.29. The van der Waals surface area contributed by atoms with Crippen molar-refractivity contribution in [2.75, 3.05) is 16.9 Å². The summed E-state index contributed by atoms with van der Waals surface area (Å²) in [5.41, 5.74) is 5.93. The number of rotatable bonds is 8. The van der Waals surface area contributed by atoms with Gasteiger partial charge < -0.3 is 16.9 Å². The molecule has 0 spiro atoms. The van der Waals surface area contributed by atoms with E-state index >= 15 is 0 Å². The maximum absolute atomic E-state index is 12.1. The average molecular weight is 348 g/mol. The minimum atomic E-state index is -0.596. The highest BCUT2D eigenvalue weighted by molar-refractivity contribution is 7.99. The lowest BCUT2D eigenvalue weighted by Crippen LogP contribution is -2.20. The summed E-state index contributed by atoms with van der Waals surface area (Å²) >= 11 is 1.18. The number of nitrogens with one attached hydrogen (secondary N) is 1. The van der Waals surface area contributed by atoms with E-state index in [1.165, 1.54) is 16.4 Å². The Morgan fingerprint density at radius 3 is 2.75 bits per heavy atom. The molecule has 0 aliphatic heterocycles. The van der Waals surface area contributed by atoms with Crippen molar-refractivity contribution in [1.29, 1.82) is 0 Å². The van der Waals surface area contributed by atoms with Gasteiger partial charge in [0.05, 0.1) is 17.0 Å². The molecule has 0 saturated carbocycles. The van der Waals surface area contributed by atoms with Crippen molar-refractivity contribution in [3.63, 3.8) is 0 Å². The molecule has 2 amide bonds. The van der Waals surface area contributed by atoms with E-state index < -0.39 is 5.91 Å². The molecule has 128 valence electrons.